The maximum absolute atomic E-state index is 14.6. The molecular weight excluding hydrogens is 687 g/mol. The number of aromatic amines is 1. The summed E-state index contributed by atoms with van der Waals surface area (Å²) in [7, 11) is 1.49. The van der Waals surface area contributed by atoms with Crippen LogP contribution in [0.4, 0.5) is 14.6 Å². The lowest BCUT2D eigenvalue weighted by molar-refractivity contribution is 0.0637. The molecule has 262 valence electrons. The first-order chi connectivity index (χ1) is 25.2. The number of carbonyl (C=O) groups is 1. The molecule has 0 radical (unpaired) electrons. The number of pyridine rings is 2. The first-order valence-corrected chi connectivity index (χ1v) is 18.3. The lowest BCUT2D eigenvalue weighted by Gasteiger charge is -2.37. The van der Waals surface area contributed by atoms with Gasteiger partial charge < -0.3 is 19.4 Å². The molecule has 52 heavy (non-hydrogen) atoms. The van der Waals surface area contributed by atoms with Crippen molar-refractivity contribution in [2.45, 2.75) is 57.0 Å². The van der Waals surface area contributed by atoms with Crippen LogP contribution in [0.15, 0.2) is 57.7 Å². The maximum Gasteiger partial charge on any atom is 0.434 e. The molecule has 2 aliphatic carbocycles. The number of nitrogens with one attached hydrogen (secondary N) is 2. The van der Waals surface area contributed by atoms with Crippen molar-refractivity contribution in [3.8, 4) is 27.6 Å². The van der Waals surface area contributed by atoms with Crippen LogP contribution >= 0.6 is 11.3 Å². The average Bonchev–Trinajstić information content (AvgIpc) is 3.96. The molecule has 7 heterocycles. The minimum atomic E-state index is -0.714. The van der Waals surface area contributed by atoms with Crippen LogP contribution < -0.4 is 15.8 Å². The highest BCUT2D eigenvalue weighted by Crippen LogP contribution is 2.63. The second-order valence-corrected chi connectivity index (χ2v) is 15.4. The van der Waals surface area contributed by atoms with Crippen LogP contribution in [0.25, 0.3) is 32.0 Å². The van der Waals surface area contributed by atoms with E-state index in [0.717, 1.165) is 62.3 Å². The van der Waals surface area contributed by atoms with Crippen LogP contribution in [0.3, 0.4) is 0 Å². The van der Waals surface area contributed by atoms with Crippen LogP contribution in [0.1, 0.15) is 69.4 Å². The quantitative estimate of drug-likeness (QED) is 0.169. The van der Waals surface area contributed by atoms with Crippen molar-refractivity contribution < 1.29 is 22.7 Å². The Labute approximate surface area is 299 Å². The molecule has 10 nitrogen and oxygen atoms in total. The number of H-pyrrole nitrogens is 1. The third kappa shape index (κ3) is 4.54. The number of methoxy groups -OCH3 is 1. The fourth-order valence-electron chi connectivity index (χ4n) is 9.08. The fourth-order valence-corrected chi connectivity index (χ4v) is 10.2. The smallest absolute Gasteiger partial charge is 0.434 e. The number of carbonyl (C=O) groups excluding carboxylic acids is 1. The van der Waals surface area contributed by atoms with Gasteiger partial charge in [-0.05, 0) is 98.2 Å². The highest BCUT2D eigenvalue weighted by molar-refractivity contribution is 7.23. The SMILES string of the molecule is COc1c(F)ccc2c1CC[C@H]2Nc1nc(C)cc2cc(-c3c4c(nc(CCc5ccc(F)cc5)c3-c3n[nH]c(=O)o3)C35CC(CN3C4=O)C5)sc12. The van der Waals surface area contributed by atoms with Crippen LogP contribution in [0.5, 0.6) is 5.75 Å². The zero-order valence-corrected chi connectivity index (χ0v) is 29.1. The maximum atomic E-state index is 14.6. The van der Waals surface area contributed by atoms with E-state index < -0.39 is 11.3 Å². The van der Waals surface area contributed by atoms with Gasteiger partial charge in [0.05, 0.1) is 45.9 Å². The van der Waals surface area contributed by atoms with Gasteiger partial charge in [-0.15, -0.1) is 16.4 Å². The molecule has 3 fully saturated rings. The van der Waals surface area contributed by atoms with E-state index in [-0.39, 0.29) is 35.2 Å². The predicted molar refractivity (Wildman–Crippen MR) is 191 cm³/mol. The second kappa shape index (κ2) is 11.3. The normalized spacial score (nSPS) is 21.0. The van der Waals surface area contributed by atoms with Crippen molar-refractivity contribution >= 4 is 33.1 Å². The Morgan fingerprint density at radius 1 is 1.06 bits per heavy atom. The van der Waals surface area contributed by atoms with Gasteiger partial charge >= 0.3 is 5.76 Å². The van der Waals surface area contributed by atoms with Crippen LogP contribution in [-0.2, 0) is 24.8 Å². The summed E-state index contributed by atoms with van der Waals surface area (Å²) in [6.07, 6.45) is 4.13. The summed E-state index contributed by atoms with van der Waals surface area (Å²) in [6.45, 7) is 2.63. The minimum absolute atomic E-state index is 0.0575. The van der Waals surface area contributed by atoms with E-state index in [9.17, 15) is 18.4 Å². The Morgan fingerprint density at radius 3 is 2.65 bits per heavy atom. The summed E-state index contributed by atoms with van der Waals surface area (Å²) in [4.78, 5) is 39.8. The molecule has 2 bridgehead atoms. The van der Waals surface area contributed by atoms with Crippen LogP contribution in [0, 0.1) is 24.5 Å². The van der Waals surface area contributed by atoms with Gasteiger partial charge in [0.15, 0.2) is 11.6 Å². The molecule has 2 saturated heterocycles. The van der Waals surface area contributed by atoms with E-state index in [1.807, 2.05) is 24.0 Å². The van der Waals surface area contributed by atoms with Crippen molar-refractivity contribution in [2.75, 3.05) is 19.0 Å². The molecule has 0 unspecified atom stereocenters. The molecule has 3 aliphatic heterocycles. The van der Waals surface area contributed by atoms with Gasteiger partial charge in [-0.1, -0.05) is 18.2 Å². The number of thiophene rings is 1. The number of hydrogen-bond donors (Lipinski definition) is 2. The molecule has 1 spiro atoms. The molecule has 1 saturated carbocycles. The second-order valence-electron chi connectivity index (χ2n) is 14.3. The van der Waals surface area contributed by atoms with Gasteiger partial charge in [0, 0.05) is 28.2 Å². The number of aryl methyl sites for hydroxylation is 3. The molecule has 6 aromatic rings. The molecule has 1 atom stereocenters. The fraction of sp³-hybridized carbons (Fsp3) is 0.308. The highest BCUT2D eigenvalue weighted by Gasteiger charge is 2.65. The third-order valence-electron chi connectivity index (χ3n) is 11.3. The molecule has 1 amide bonds. The number of halogens is 2. The van der Waals surface area contributed by atoms with Crippen molar-refractivity contribution in [1.29, 1.82) is 0 Å². The summed E-state index contributed by atoms with van der Waals surface area (Å²) in [6, 6.07) is 13.6. The number of rotatable bonds is 8. The third-order valence-corrected chi connectivity index (χ3v) is 12.5. The summed E-state index contributed by atoms with van der Waals surface area (Å²) in [5.41, 5.74) is 6.20. The lowest BCUT2D eigenvalue weighted by atomic mass is 9.71. The Hall–Kier alpha value is -5.43. The van der Waals surface area contributed by atoms with Crippen molar-refractivity contribution in [3.63, 3.8) is 0 Å². The van der Waals surface area contributed by atoms with Gasteiger partial charge in [-0.3, -0.25) is 9.78 Å². The van der Waals surface area contributed by atoms with Gasteiger partial charge in [0.25, 0.3) is 11.8 Å². The molecule has 2 N–H and O–H groups in total. The van der Waals surface area contributed by atoms with Crippen molar-refractivity contribution in [2.24, 2.45) is 5.92 Å². The minimum Gasteiger partial charge on any atom is -0.493 e. The molecule has 5 aliphatic rings. The zero-order valence-electron chi connectivity index (χ0n) is 28.3. The van der Waals surface area contributed by atoms with E-state index in [2.05, 4.69) is 21.6 Å². The Morgan fingerprint density at radius 2 is 1.88 bits per heavy atom. The van der Waals surface area contributed by atoms with E-state index in [1.165, 1.54) is 36.6 Å². The number of amides is 1. The topological polar surface area (TPSA) is 126 Å². The van der Waals surface area contributed by atoms with Crippen LogP contribution in [0.2, 0.25) is 0 Å². The predicted octanol–water partition coefficient (Wildman–Crippen LogP) is 7.26. The van der Waals surface area contributed by atoms with E-state index in [4.69, 9.17) is 19.1 Å². The number of hydrogen-bond acceptors (Lipinski definition) is 9. The van der Waals surface area contributed by atoms with Crippen LogP contribution in [-0.4, -0.2) is 44.6 Å². The van der Waals surface area contributed by atoms with E-state index in [1.54, 1.807) is 12.1 Å². The number of anilines is 1. The molecule has 11 rings (SSSR count). The first-order valence-electron chi connectivity index (χ1n) is 17.4. The monoisotopic (exact) mass is 718 g/mol. The number of benzene rings is 2. The first kappa shape index (κ1) is 31.3. The Kier molecular flexibility index (Phi) is 6.80. The van der Waals surface area contributed by atoms with Gasteiger partial charge in [-0.25, -0.2) is 23.7 Å². The Balaban J connectivity index is 1.15. The number of fused-ring (bicyclic) bond motifs is 3. The van der Waals surface area contributed by atoms with Gasteiger partial charge in [0.2, 0.25) is 0 Å². The van der Waals surface area contributed by atoms with Crippen molar-refractivity contribution in [1.82, 2.24) is 25.1 Å². The summed E-state index contributed by atoms with van der Waals surface area (Å²) in [5.74, 6) is 0.0102. The standard InChI is InChI=1S/C39H32F2N6O4S/c1-18-13-21-14-28(52-33(21)35(42-18)44-26-12-9-24-23(26)8-10-25(41)32(24)50-2)30-29(36-45-46-38(49)51-36)27(11-5-19-3-6-22(40)7-4-19)43-34-31(30)37(48)47-17-20-15-39(34,47)16-20/h3-4,6-8,10,13-14,20,26H,5,9,11-12,15-17H2,1-2H3,(H,42,44)(H,46,49)/t20?,26-,39?/m1/s1. The summed E-state index contributed by atoms with van der Waals surface area (Å²) >= 11 is 1.50. The number of aromatic nitrogens is 4. The average molecular weight is 719 g/mol. The summed E-state index contributed by atoms with van der Waals surface area (Å²) in [5, 5.41) is 11.3. The van der Waals surface area contributed by atoms with Gasteiger partial charge in [-0.2, -0.15) is 0 Å². The number of nitrogens with zero attached hydrogens (tertiary/aromatic N) is 4. The number of ether oxygens (including phenoxy) is 1. The zero-order chi connectivity index (χ0) is 35.5. The van der Waals surface area contributed by atoms with E-state index in [0.29, 0.717) is 59.9 Å². The van der Waals surface area contributed by atoms with E-state index >= 15 is 0 Å². The Bertz CT molecular complexity index is 2540. The lowest BCUT2D eigenvalue weighted by Crippen LogP contribution is -2.40. The molecule has 2 aromatic carbocycles. The van der Waals surface area contributed by atoms with Gasteiger partial charge in [0.1, 0.15) is 11.6 Å². The highest BCUT2D eigenvalue weighted by atomic mass is 32.1. The summed E-state index contributed by atoms with van der Waals surface area (Å²) < 4.78 is 40.3. The molecular formula is C39H32F2N6O4S. The molecule has 4 aromatic heterocycles. The van der Waals surface area contributed by atoms with Crippen molar-refractivity contribution in [3.05, 3.63) is 110 Å². The molecule has 13 heteroatoms. The largest absolute Gasteiger partial charge is 0.493 e.